The van der Waals surface area contributed by atoms with E-state index < -0.39 is 0 Å². The van der Waals surface area contributed by atoms with E-state index >= 15 is 0 Å². The Kier molecular flexibility index (Phi) is 2.99. The largest absolute Gasteiger partial charge is 0.492 e. The molecule has 2 rings (SSSR count). The minimum atomic E-state index is 0.663. The van der Waals surface area contributed by atoms with E-state index in [2.05, 4.69) is 10.3 Å². The van der Waals surface area contributed by atoms with Crippen LogP contribution in [0.25, 0.3) is 0 Å². The molecule has 3 nitrogen and oxygen atoms in total. The van der Waals surface area contributed by atoms with Crippen molar-refractivity contribution < 1.29 is 4.74 Å². The van der Waals surface area contributed by atoms with E-state index in [0.717, 1.165) is 31.0 Å². The van der Waals surface area contributed by atoms with Gasteiger partial charge in [-0.25, -0.2) is 0 Å². The van der Waals surface area contributed by atoms with Crippen molar-refractivity contribution in [1.82, 2.24) is 10.3 Å². The van der Waals surface area contributed by atoms with Gasteiger partial charge in [0.05, 0.1) is 12.8 Å². The maximum Gasteiger partial charge on any atom is 0.137 e. The van der Waals surface area contributed by atoms with E-state index in [1.807, 2.05) is 19.2 Å². The molecule has 0 unspecified atom stereocenters. The second-order valence-corrected chi connectivity index (χ2v) is 3.87. The molecule has 14 heavy (non-hydrogen) atoms. The Hall–Kier alpha value is -1.09. The first-order chi connectivity index (χ1) is 6.84. The highest BCUT2D eigenvalue weighted by atomic mass is 16.5. The van der Waals surface area contributed by atoms with Gasteiger partial charge in [-0.1, -0.05) is 0 Å². The van der Waals surface area contributed by atoms with Gasteiger partial charge in [0.15, 0.2) is 0 Å². The second kappa shape index (κ2) is 4.42. The SMILES string of the molecule is Cc1cncc(OC[C@@H]2CCNC2)c1. The normalized spacial score (nSPS) is 21.1. The third-order valence-corrected chi connectivity index (χ3v) is 2.50. The lowest BCUT2D eigenvalue weighted by Crippen LogP contribution is -2.15. The molecule has 3 heteroatoms. The number of aromatic nitrogens is 1. The lowest BCUT2D eigenvalue weighted by molar-refractivity contribution is 0.259. The van der Waals surface area contributed by atoms with Gasteiger partial charge in [0.25, 0.3) is 0 Å². The average molecular weight is 192 g/mol. The van der Waals surface area contributed by atoms with Crippen molar-refractivity contribution in [3.05, 3.63) is 24.0 Å². The number of hydrogen-bond donors (Lipinski definition) is 1. The van der Waals surface area contributed by atoms with Crippen LogP contribution in [0.15, 0.2) is 18.5 Å². The van der Waals surface area contributed by atoms with E-state index in [1.165, 1.54) is 6.42 Å². The van der Waals surface area contributed by atoms with Gasteiger partial charge < -0.3 is 10.1 Å². The van der Waals surface area contributed by atoms with Crippen molar-refractivity contribution in [3.8, 4) is 5.75 Å². The molecule has 0 saturated carbocycles. The first kappa shape index (κ1) is 9.46. The van der Waals surface area contributed by atoms with E-state index in [0.29, 0.717) is 5.92 Å². The highest BCUT2D eigenvalue weighted by Gasteiger charge is 2.14. The molecule has 0 spiro atoms. The van der Waals surface area contributed by atoms with Gasteiger partial charge in [0.2, 0.25) is 0 Å². The van der Waals surface area contributed by atoms with E-state index in [-0.39, 0.29) is 0 Å². The molecule has 1 N–H and O–H groups in total. The number of nitrogens with one attached hydrogen (secondary N) is 1. The summed E-state index contributed by atoms with van der Waals surface area (Å²) in [5.74, 6) is 1.55. The van der Waals surface area contributed by atoms with Crippen molar-refractivity contribution in [1.29, 1.82) is 0 Å². The number of ether oxygens (including phenoxy) is 1. The lowest BCUT2D eigenvalue weighted by atomic mass is 10.1. The quantitative estimate of drug-likeness (QED) is 0.785. The van der Waals surface area contributed by atoms with Crippen molar-refractivity contribution in [2.75, 3.05) is 19.7 Å². The summed E-state index contributed by atoms with van der Waals surface area (Å²) in [6, 6.07) is 2.02. The highest BCUT2D eigenvalue weighted by Crippen LogP contribution is 2.14. The van der Waals surface area contributed by atoms with Crippen molar-refractivity contribution in [2.24, 2.45) is 5.92 Å². The van der Waals surface area contributed by atoms with Gasteiger partial charge in [-0.15, -0.1) is 0 Å². The Morgan fingerprint density at radius 2 is 2.50 bits per heavy atom. The Balaban J connectivity index is 1.85. The van der Waals surface area contributed by atoms with Gasteiger partial charge in [-0.2, -0.15) is 0 Å². The first-order valence-corrected chi connectivity index (χ1v) is 5.10. The van der Waals surface area contributed by atoms with Crippen LogP contribution in [0.4, 0.5) is 0 Å². The molecule has 0 aromatic carbocycles. The molecular weight excluding hydrogens is 176 g/mol. The zero-order chi connectivity index (χ0) is 9.80. The molecule has 1 atom stereocenters. The first-order valence-electron chi connectivity index (χ1n) is 5.10. The van der Waals surface area contributed by atoms with Crippen LogP contribution < -0.4 is 10.1 Å². The molecule has 1 fully saturated rings. The van der Waals surface area contributed by atoms with Crippen LogP contribution in [0, 0.1) is 12.8 Å². The zero-order valence-corrected chi connectivity index (χ0v) is 8.49. The fourth-order valence-corrected chi connectivity index (χ4v) is 1.68. The molecular formula is C11H16N2O. The maximum absolute atomic E-state index is 5.67. The van der Waals surface area contributed by atoms with E-state index in [1.54, 1.807) is 6.20 Å². The number of aryl methyl sites for hydroxylation is 1. The molecule has 1 saturated heterocycles. The Bertz CT molecular complexity index is 295. The van der Waals surface area contributed by atoms with E-state index in [4.69, 9.17) is 4.74 Å². The lowest BCUT2D eigenvalue weighted by Gasteiger charge is -2.10. The van der Waals surface area contributed by atoms with Crippen LogP contribution in [-0.2, 0) is 0 Å². The third kappa shape index (κ3) is 2.45. The predicted molar refractivity (Wildman–Crippen MR) is 55.4 cm³/mol. The standard InChI is InChI=1S/C11H16N2O/c1-9-4-11(7-13-5-9)14-8-10-2-3-12-6-10/h4-5,7,10,12H,2-3,6,8H2,1H3/t10-/m1/s1. The van der Waals surface area contributed by atoms with Gasteiger partial charge in [-0.3, -0.25) is 4.98 Å². The van der Waals surface area contributed by atoms with Crippen LogP contribution in [-0.4, -0.2) is 24.7 Å². The summed E-state index contributed by atoms with van der Waals surface area (Å²) in [5.41, 5.74) is 1.15. The molecule has 2 heterocycles. The van der Waals surface area contributed by atoms with Gasteiger partial charge in [0, 0.05) is 18.7 Å². The van der Waals surface area contributed by atoms with Crippen LogP contribution in [0.1, 0.15) is 12.0 Å². The number of pyridine rings is 1. The average Bonchev–Trinajstić information content (AvgIpc) is 2.67. The summed E-state index contributed by atoms with van der Waals surface area (Å²) < 4.78 is 5.67. The van der Waals surface area contributed by atoms with Gasteiger partial charge >= 0.3 is 0 Å². The molecule has 0 bridgehead atoms. The summed E-state index contributed by atoms with van der Waals surface area (Å²) in [4.78, 5) is 4.09. The molecule has 1 aromatic rings. The van der Waals surface area contributed by atoms with Crippen molar-refractivity contribution in [2.45, 2.75) is 13.3 Å². The van der Waals surface area contributed by atoms with E-state index in [9.17, 15) is 0 Å². The molecule has 0 amide bonds. The van der Waals surface area contributed by atoms with Crippen LogP contribution in [0.2, 0.25) is 0 Å². The maximum atomic E-state index is 5.67. The minimum absolute atomic E-state index is 0.663. The summed E-state index contributed by atoms with van der Waals surface area (Å²) >= 11 is 0. The summed E-state index contributed by atoms with van der Waals surface area (Å²) in [7, 11) is 0. The number of nitrogens with zero attached hydrogens (tertiary/aromatic N) is 1. The molecule has 0 aliphatic carbocycles. The molecule has 1 aromatic heterocycles. The van der Waals surface area contributed by atoms with Gasteiger partial charge in [0.1, 0.15) is 5.75 Å². The predicted octanol–water partition coefficient (Wildman–Crippen LogP) is 1.38. The van der Waals surface area contributed by atoms with Crippen LogP contribution >= 0.6 is 0 Å². The van der Waals surface area contributed by atoms with Gasteiger partial charge in [-0.05, 0) is 31.5 Å². The smallest absolute Gasteiger partial charge is 0.137 e. The monoisotopic (exact) mass is 192 g/mol. The topological polar surface area (TPSA) is 34.1 Å². The fraction of sp³-hybridized carbons (Fsp3) is 0.545. The molecule has 0 radical (unpaired) electrons. The molecule has 1 aliphatic rings. The minimum Gasteiger partial charge on any atom is -0.492 e. The van der Waals surface area contributed by atoms with Crippen LogP contribution in [0.3, 0.4) is 0 Å². The highest BCUT2D eigenvalue weighted by molar-refractivity contribution is 5.22. The number of rotatable bonds is 3. The number of hydrogen-bond acceptors (Lipinski definition) is 3. The van der Waals surface area contributed by atoms with Crippen LogP contribution in [0.5, 0.6) is 5.75 Å². The Morgan fingerprint density at radius 3 is 3.21 bits per heavy atom. The molecule has 1 aliphatic heterocycles. The van der Waals surface area contributed by atoms with Crippen molar-refractivity contribution >= 4 is 0 Å². The Morgan fingerprint density at radius 1 is 1.57 bits per heavy atom. The second-order valence-electron chi connectivity index (χ2n) is 3.87. The molecule has 76 valence electrons. The zero-order valence-electron chi connectivity index (χ0n) is 8.49. The summed E-state index contributed by atoms with van der Waals surface area (Å²) in [6.07, 6.45) is 4.83. The summed E-state index contributed by atoms with van der Waals surface area (Å²) in [5, 5.41) is 3.32. The fourth-order valence-electron chi connectivity index (χ4n) is 1.68. The Labute approximate surface area is 84.5 Å². The third-order valence-electron chi connectivity index (χ3n) is 2.50. The summed E-state index contributed by atoms with van der Waals surface area (Å²) in [6.45, 7) is 5.04. The van der Waals surface area contributed by atoms with Crippen molar-refractivity contribution in [3.63, 3.8) is 0 Å².